The molecule has 1 aliphatic carbocycles. The Labute approximate surface area is 353 Å². The summed E-state index contributed by atoms with van der Waals surface area (Å²) in [7, 11) is 0. The van der Waals surface area contributed by atoms with Crippen molar-refractivity contribution in [2.24, 2.45) is 0 Å². The van der Waals surface area contributed by atoms with E-state index in [0.29, 0.717) is 0 Å². The highest BCUT2D eigenvalue weighted by Crippen LogP contribution is 2.55. The fourth-order valence-electron chi connectivity index (χ4n) is 10.3. The Morgan fingerprint density at radius 1 is 0.569 bits per heavy atom. The Bertz CT molecular complexity index is 2650. The van der Waals surface area contributed by atoms with Gasteiger partial charge in [-0.25, -0.2) is 0 Å². The van der Waals surface area contributed by atoms with E-state index >= 15 is 0 Å². The Morgan fingerprint density at radius 2 is 1.14 bits per heavy atom. The van der Waals surface area contributed by atoms with Crippen LogP contribution in [0.5, 0.6) is 0 Å². The lowest BCUT2D eigenvalue weighted by Gasteiger charge is -2.49. The molecule has 3 heterocycles. The molecule has 298 valence electrons. The first-order valence-electron chi connectivity index (χ1n) is 21.7. The summed E-state index contributed by atoms with van der Waals surface area (Å²) in [5.41, 5.74) is 20.8. The number of rotatable bonds is 2. The molecule has 0 unspecified atom stereocenters. The molecule has 58 heavy (non-hydrogen) atoms. The molecule has 0 N–H and O–H groups in total. The average Bonchev–Trinajstić information content (AvgIpc) is 3.50. The molecule has 0 amide bonds. The third-order valence-electron chi connectivity index (χ3n) is 13.9. The summed E-state index contributed by atoms with van der Waals surface area (Å²) >= 11 is 2.01. The van der Waals surface area contributed by atoms with Crippen LogP contribution in [0.3, 0.4) is 0 Å². The zero-order valence-electron chi connectivity index (χ0n) is 37.9. The van der Waals surface area contributed by atoms with Crippen LogP contribution < -0.4 is 25.5 Å². The van der Waals surface area contributed by atoms with Crippen molar-refractivity contribution in [1.29, 1.82) is 0 Å². The minimum atomic E-state index is 0.0119. The van der Waals surface area contributed by atoms with Crippen molar-refractivity contribution in [3.63, 3.8) is 0 Å². The predicted molar refractivity (Wildman–Crippen MR) is 257 cm³/mol. The molecule has 2 aliphatic heterocycles. The van der Waals surface area contributed by atoms with E-state index in [0.717, 1.165) is 6.42 Å². The lowest BCUT2D eigenvalue weighted by Crippen LogP contribution is -2.61. The van der Waals surface area contributed by atoms with Crippen molar-refractivity contribution in [2.75, 3.05) is 9.80 Å². The van der Waals surface area contributed by atoms with Crippen LogP contribution in [-0.4, -0.2) is 6.71 Å². The summed E-state index contributed by atoms with van der Waals surface area (Å²) in [5, 5.41) is 1.36. The molecule has 4 heteroatoms. The van der Waals surface area contributed by atoms with Crippen molar-refractivity contribution in [1.82, 2.24) is 0 Å². The van der Waals surface area contributed by atoms with Crippen LogP contribution >= 0.6 is 11.3 Å². The second kappa shape index (κ2) is 12.6. The van der Waals surface area contributed by atoms with E-state index in [1.54, 1.807) is 0 Å². The van der Waals surface area contributed by atoms with E-state index in [9.17, 15) is 0 Å². The second-order valence-corrected chi connectivity index (χ2v) is 23.4. The average molecular weight is 783 g/mol. The minimum absolute atomic E-state index is 0.0119. The molecule has 9 rings (SSSR count). The Hall–Kier alpha value is -4.28. The van der Waals surface area contributed by atoms with Crippen molar-refractivity contribution in [2.45, 2.75) is 144 Å². The van der Waals surface area contributed by atoms with Crippen molar-refractivity contribution in [3.8, 4) is 0 Å². The first-order valence-corrected chi connectivity index (χ1v) is 22.5. The van der Waals surface area contributed by atoms with Crippen molar-refractivity contribution < 1.29 is 0 Å². The highest BCUT2D eigenvalue weighted by molar-refractivity contribution is 7.33. The zero-order chi connectivity index (χ0) is 41.6. The molecular formula is C54H63BN2S. The smallest absolute Gasteiger partial charge is 0.264 e. The summed E-state index contributed by atoms with van der Waals surface area (Å²) < 4.78 is 2.81. The third-order valence-corrected chi connectivity index (χ3v) is 15.1. The van der Waals surface area contributed by atoms with Crippen LogP contribution in [-0.2, 0) is 27.1 Å². The standard InChI is InChI=1S/C54H63BN2S/c1-32-28-42-46-43(29-32)57(41-24-18-35(30-33(41)2)51(6,7)8)48-40(23-22-39-45(48)54(14,15)27-26-53(39,12)13)55(46)49-47(38-31-36(52(9,10)11)19-25-44(38)58-49)56(42)37-20-16-34(17-21-37)50(3,4)5/h16-25,28-31H,26-27H2,1-15H3. The van der Waals surface area contributed by atoms with Gasteiger partial charge < -0.3 is 9.80 Å². The van der Waals surface area contributed by atoms with E-state index in [2.05, 4.69) is 199 Å². The molecular weight excluding hydrogens is 719 g/mol. The highest BCUT2D eigenvalue weighted by Gasteiger charge is 2.49. The quantitative estimate of drug-likeness (QED) is 0.161. The molecule has 1 aromatic heterocycles. The SMILES string of the molecule is Cc1cc2c3c(c1)N(c1ccc(C(C)(C)C)cc1)c1c(sc4ccc(C(C)(C)C)cc14)B3c1ccc3c(c1N2c1ccc(C(C)(C)C)cc1C)C(C)(C)CCC3(C)C. The van der Waals surface area contributed by atoms with E-state index in [-0.39, 0.29) is 33.8 Å². The van der Waals surface area contributed by atoms with Gasteiger partial charge in [0.05, 0.1) is 5.69 Å². The fourth-order valence-corrected chi connectivity index (χ4v) is 11.6. The lowest BCUT2D eigenvalue weighted by molar-refractivity contribution is 0.333. The molecule has 0 spiro atoms. The van der Waals surface area contributed by atoms with Gasteiger partial charge in [0.15, 0.2) is 0 Å². The van der Waals surface area contributed by atoms with Crippen molar-refractivity contribution in [3.05, 3.63) is 124 Å². The maximum absolute atomic E-state index is 2.72. The summed E-state index contributed by atoms with van der Waals surface area (Å²) in [6.07, 6.45) is 2.35. The number of hydrogen-bond acceptors (Lipinski definition) is 3. The zero-order valence-corrected chi connectivity index (χ0v) is 38.7. The first kappa shape index (κ1) is 39.2. The van der Waals surface area contributed by atoms with Crippen LogP contribution in [0.15, 0.2) is 84.9 Å². The van der Waals surface area contributed by atoms with Crippen LogP contribution in [0, 0.1) is 13.8 Å². The van der Waals surface area contributed by atoms with Crippen LogP contribution in [0.25, 0.3) is 10.1 Å². The van der Waals surface area contributed by atoms with Gasteiger partial charge in [0.25, 0.3) is 6.71 Å². The number of thiophene rings is 1. The van der Waals surface area contributed by atoms with Crippen molar-refractivity contribution >= 4 is 78.0 Å². The first-order chi connectivity index (χ1) is 27.0. The number of nitrogens with zero attached hydrogens (tertiary/aromatic N) is 2. The van der Waals surface area contributed by atoms with Gasteiger partial charge in [-0.2, -0.15) is 0 Å². The molecule has 0 bridgehead atoms. The maximum Gasteiger partial charge on any atom is 0.264 e. The van der Waals surface area contributed by atoms with Crippen LogP contribution in [0.1, 0.15) is 142 Å². The number of benzene rings is 5. The van der Waals surface area contributed by atoms with E-state index in [4.69, 9.17) is 0 Å². The molecule has 0 saturated heterocycles. The van der Waals surface area contributed by atoms with E-state index in [1.807, 2.05) is 11.3 Å². The Morgan fingerprint density at radius 3 is 1.76 bits per heavy atom. The fraction of sp³-hybridized carbons (Fsp3) is 0.407. The number of anilines is 6. The van der Waals surface area contributed by atoms with Gasteiger partial charge in [-0.15, -0.1) is 11.3 Å². The molecule has 6 aromatic rings. The van der Waals surface area contributed by atoms with E-state index in [1.165, 1.54) is 105 Å². The topological polar surface area (TPSA) is 6.48 Å². The number of fused-ring (bicyclic) bond motifs is 8. The molecule has 0 fully saturated rings. The van der Waals surface area contributed by atoms with Gasteiger partial charge in [-0.1, -0.05) is 132 Å². The second-order valence-electron chi connectivity index (χ2n) is 22.3. The normalized spacial score (nSPS) is 16.9. The van der Waals surface area contributed by atoms with Gasteiger partial charge in [0.2, 0.25) is 0 Å². The minimum Gasteiger partial charge on any atom is -0.311 e. The summed E-state index contributed by atoms with van der Waals surface area (Å²) in [6, 6.07) is 34.1. The molecule has 0 atom stereocenters. The molecule has 2 nitrogen and oxygen atoms in total. The molecule has 5 aromatic carbocycles. The predicted octanol–water partition coefficient (Wildman–Crippen LogP) is 13.8. The van der Waals surface area contributed by atoms with Gasteiger partial charge in [0.1, 0.15) is 0 Å². The summed E-state index contributed by atoms with van der Waals surface area (Å²) in [6.45, 7) is 35.7. The van der Waals surface area contributed by atoms with Gasteiger partial charge in [-0.3, -0.25) is 0 Å². The van der Waals surface area contributed by atoms with Gasteiger partial charge in [0, 0.05) is 43.3 Å². The molecule has 3 aliphatic rings. The van der Waals surface area contributed by atoms with Gasteiger partial charge >= 0.3 is 0 Å². The van der Waals surface area contributed by atoms with Crippen LogP contribution in [0.4, 0.5) is 34.1 Å². The van der Waals surface area contributed by atoms with E-state index < -0.39 is 0 Å². The lowest BCUT2D eigenvalue weighted by atomic mass is 9.35. The Kier molecular flexibility index (Phi) is 8.53. The summed E-state index contributed by atoms with van der Waals surface area (Å²) in [4.78, 5) is 5.36. The number of aryl methyl sites for hydroxylation is 2. The van der Waals surface area contributed by atoms with Crippen LogP contribution in [0.2, 0.25) is 0 Å². The molecule has 0 radical (unpaired) electrons. The third kappa shape index (κ3) is 5.94. The summed E-state index contributed by atoms with van der Waals surface area (Å²) in [5.74, 6) is 0. The molecule has 0 saturated carbocycles. The monoisotopic (exact) mass is 782 g/mol. The Balaban J connectivity index is 1.43. The van der Waals surface area contributed by atoms with Gasteiger partial charge in [-0.05, 0) is 146 Å². The number of hydrogen-bond donors (Lipinski definition) is 0. The maximum atomic E-state index is 2.72. The largest absolute Gasteiger partial charge is 0.311 e. The highest BCUT2D eigenvalue weighted by atomic mass is 32.1.